The fourth-order valence-corrected chi connectivity index (χ4v) is 4.04. The third-order valence-corrected chi connectivity index (χ3v) is 5.53. The number of carbonyl (C=O) groups is 1. The minimum absolute atomic E-state index is 0.0573. The molecule has 8 nitrogen and oxygen atoms in total. The summed E-state index contributed by atoms with van der Waals surface area (Å²) in [6.07, 6.45) is 3.35. The van der Waals surface area contributed by atoms with E-state index >= 15 is 0 Å². The number of piperidine rings is 1. The molecule has 4 rings (SSSR count). The Balaban J connectivity index is 1.61. The molecule has 2 aromatic heterocycles. The molecule has 1 atom stereocenters. The number of carbonyl (C=O) groups excluding carboxylic acids is 1. The topological polar surface area (TPSA) is 89.5 Å². The summed E-state index contributed by atoms with van der Waals surface area (Å²) in [5.74, 6) is 1.35. The van der Waals surface area contributed by atoms with E-state index in [9.17, 15) is 4.79 Å². The van der Waals surface area contributed by atoms with Gasteiger partial charge < -0.3 is 19.7 Å². The first-order chi connectivity index (χ1) is 15.7. The van der Waals surface area contributed by atoms with E-state index in [0.717, 1.165) is 29.2 Å². The number of hydrogen-bond donors (Lipinski definition) is 1. The van der Waals surface area contributed by atoms with Gasteiger partial charge in [-0.3, -0.25) is 4.98 Å². The molecule has 8 heteroatoms. The first-order valence-corrected chi connectivity index (χ1v) is 11.3. The summed E-state index contributed by atoms with van der Waals surface area (Å²) in [5.41, 5.74) is 1.83. The Morgan fingerprint density at radius 1 is 1.15 bits per heavy atom. The number of hydrogen-bond acceptors (Lipinski definition) is 7. The number of ether oxygens (including phenoxy) is 2. The first kappa shape index (κ1) is 22.8. The van der Waals surface area contributed by atoms with Crippen LogP contribution >= 0.6 is 0 Å². The quantitative estimate of drug-likeness (QED) is 0.611. The van der Waals surface area contributed by atoms with Crippen LogP contribution in [0.3, 0.4) is 0 Å². The summed E-state index contributed by atoms with van der Waals surface area (Å²) in [6, 6.07) is 9.99. The molecule has 0 aliphatic carbocycles. The van der Waals surface area contributed by atoms with Crippen molar-refractivity contribution >= 4 is 22.7 Å². The molecule has 1 amide bonds. The highest BCUT2D eigenvalue weighted by molar-refractivity contribution is 6.00. The van der Waals surface area contributed by atoms with E-state index in [-0.39, 0.29) is 12.1 Å². The standard InChI is InChI=1S/C25H31N5O3/c1-16-13-20(32-5)22(26-14-16)21-18-10-6-7-11-19(18)23(29-28-21)27-17-9-8-12-30(15-17)24(31)33-25(2,3)4/h6-7,10-11,13-14,17H,8-9,12,15H2,1-5H3,(H,27,29). The lowest BCUT2D eigenvalue weighted by atomic mass is 10.0. The molecule has 0 radical (unpaired) electrons. The number of rotatable bonds is 4. The molecule has 1 fully saturated rings. The van der Waals surface area contributed by atoms with Crippen molar-refractivity contribution in [1.29, 1.82) is 0 Å². The van der Waals surface area contributed by atoms with Crippen LogP contribution in [0.2, 0.25) is 0 Å². The van der Waals surface area contributed by atoms with Crippen molar-refractivity contribution in [3.8, 4) is 17.1 Å². The molecule has 1 saturated heterocycles. The number of aryl methyl sites for hydroxylation is 1. The Labute approximate surface area is 194 Å². The van der Waals surface area contributed by atoms with Crippen LogP contribution in [0.15, 0.2) is 36.5 Å². The van der Waals surface area contributed by atoms with E-state index in [0.29, 0.717) is 36.0 Å². The zero-order valence-corrected chi connectivity index (χ0v) is 19.9. The van der Waals surface area contributed by atoms with Gasteiger partial charge in [-0.25, -0.2) is 4.79 Å². The predicted octanol–water partition coefficient (Wildman–Crippen LogP) is 4.82. The molecule has 3 aromatic rings. The normalized spacial score (nSPS) is 16.5. The maximum absolute atomic E-state index is 12.5. The van der Waals surface area contributed by atoms with Gasteiger partial charge in [0.1, 0.15) is 22.7 Å². The lowest BCUT2D eigenvalue weighted by Crippen LogP contribution is -2.47. The van der Waals surface area contributed by atoms with Crippen LogP contribution in [0.1, 0.15) is 39.2 Å². The number of fused-ring (bicyclic) bond motifs is 1. The molecule has 3 heterocycles. The monoisotopic (exact) mass is 449 g/mol. The lowest BCUT2D eigenvalue weighted by molar-refractivity contribution is 0.0206. The van der Waals surface area contributed by atoms with Gasteiger partial charge in [-0.15, -0.1) is 10.2 Å². The van der Waals surface area contributed by atoms with Crippen LogP contribution in [0, 0.1) is 6.92 Å². The minimum Gasteiger partial charge on any atom is -0.494 e. The fourth-order valence-electron chi connectivity index (χ4n) is 4.04. The molecule has 1 aliphatic rings. The van der Waals surface area contributed by atoms with Gasteiger partial charge in [0.15, 0.2) is 5.82 Å². The summed E-state index contributed by atoms with van der Waals surface area (Å²) >= 11 is 0. The third kappa shape index (κ3) is 5.16. The lowest BCUT2D eigenvalue weighted by Gasteiger charge is -2.34. The molecule has 33 heavy (non-hydrogen) atoms. The highest BCUT2D eigenvalue weighted by atomic mass is 16.6. The Bertz CT molecular complexity index is 1160. The number of aromatic nitrogens is 3. The molecule has 0 spiro atoms. The van der Waals surface area contributed by atoms with Crippen LogP contribution < -0.4 is 10.1 Å². The van der Waals surface area contributed by atoms with Crippen LogP contribution in [0.25, 0.3) is 22.2 Å². The molecular formula is C25H31N5O3. The number of nitrogens with one attached hydrogen (secondary N) is 1. The number of nitrogens with zero attached hydrogens (tertiary/aromatic N) is 4. The Morgan fingerprint density at radius 2 is 1.91 bits per heavy atom. The molecule has 1 aromatic carbocycles. The largest absolute Gasteiger partial charge is 0.494 e. The van der Waals surface area contributed by atoms with Crippen LogP contribution in [0.5, 0.6) is 5.75 Å². The van der Waals surface area contributed by atoms with Gasteiger partial charge in [0.2, 0.25) is 0 Å². The van der Waals surface area contributed by atoms with Crippen molar-refractivity contribution in [3.63, 3.8) is 0 Å². The van der Waals surface area contributed by atoms with Gasteiger partial charge >= 0.3 is 6.09 Å². The second kappa shape index (κ2) is 9.21. The second-order valence-electron chi connectivity index (χ2n) is 9.42. The predicted molar refractivity (Wildman–Crippen MR) is 129 cm³/mol. The summed E-state index contributed by atoms with van der Waals surface area (Å²) < 4.78 is 11.1. The number of amides is 1. The Hall–Kier alpha value is -3.42. The van der Waals surface area contributed by atoms with Crippen molar-refractivity contribution in [1.82, 2.24) is 20.1 Å². The average molecular weight is 450 g/mol. The molecular weight excluding hydrogens is 418 g/mol. The van der Waals surface area contributed by atoms with E-state index in [1.54, 1.807) is 18.2 Å². The third-order valence-electron chi connectivity index (χ3n) is 5.53. The van der Waals surface area contributed by atoms with Crippen molar-refractivity contribution in [2.45, 2.75) is 52.2 Å². The fraction of sp³-hybridized carbons (Fsp3) is 0.440. The average Bonchev–Trinajstić information content (AvgIpc) is 2.78. The zero-order valence-electron chi connectivity index (χ0n) is 19.9. The summed E-state index contributed by atoms with van der Waals surface area (Å²) in [4.78, 5) is 18.9. The van der Waals surface area contributed by atoms with Gasteiger partial charge in [-0.2, -0.15) is 0 Å². The van der Waals surface area contributed by atoms with Gasteiger partial charge in [-0.1, -0.05) is 24.3 Å². The number of benzene rings is 1. The molecule has 174 valence electrons. The highest BCUT2D eigenvalue weighted by Crippen LogP contribution is 2.34. The molecule has 1 N–H and O–H groups in total. The second-order valence-corrected chi connectivity index (χ2v) is 9.42. The van der Waals surface area contributed by atoms with Crippen LogP contribution in [-0.4, -0.2) is 58.0 Å². The van der Waals surface area contributed by atoms with E-state index in [2.05, 4.69) is 20.5 Å². The summed E-state index contributed by atoms with van der Waals surface area (Å²) in [7, 11) is 1.63. The van der Waals surface area contributed by atoms with E-state index < -0.39 is 5.60 Å². The van der Waals surface area contributed by atoms with E-state index in [1.807, 2.05) is 58.0 Å². The van der Waals surface area contributed by atoms with Crippen molar-refractivity contribution in [2.75, 3.05) is 25.5 Å². The number of methoxy groups -OCH3 is 1. The highest BCUT2D eigenvalue weighted by Gasteiger charge is 2.28. The maximum Gasteiger partial charge on any atom is 0.410 e. The zero-order chi connectivity index (χ0) is 23.6. The SMILES string of the molecule is COc1cc(C)cnc1-c1nnc(NC2CCCN(C(=O)OC(C)(C)C)C2)c2ccccc12. The van der Waals surface area contributed by atoms with Gasteiger partial charge in [0.25, 0.3) is 0 Å². The van der Waals surface area contributed by atoms with Gasteiger partial charge in [-0.05, 0) is 52.2 Å². The number of likely N-dealkylation sites (tertiary alicyclic amines) is 1. The first-order valence-electron chi connectivity index (χ1n) is 11.3. The smallest absolute Gasteiger partial charge is 0.410 e. The molecule has 0 bridgehead atoms. The maximum atomic E-state index is 12.5. The van der Waals surface area contributed by atoms with Crippen LogP contribution in [0.4, 0.5) is 10.6 Å². The summed E-state index contributed by atoms with van der Waals surface area (Å²) in [6.45, 7) is 8.86. The van der Waals surface area contributed by atoms with Crippen molar-refractivity contribution in [3.05, 3.63) is 42.1 Å². The Morgan fingerprint density at radius 3 is 2.64 bits per heavy atom. The van der Waals surface area contributed by atoms with E-state index in [4.69, 9.17) is 9.47 Å². The molecule has 1 aliphatic heterocycles. The minimum atomic E-state index is -0.514. The summed E-state index contributed by atoms with van der Waals surface area (Å²) in [5, 5.41) is 14.4. The molecule has 0 saturated carbocycles. The van der Waals surface area contributed by atoms with Gasteiger partial charge in [0.05, 0.1) is 7.11 Å². The number of anilines is 1. The molecule has 1 unspecified atom stereocenters. The Kier molecular flexibility index (Phi) is 6.35. The van der Waals surface area contributed by atoms with Crippen molar-refractivity contribution in [2.24, 2.45) is 0 Å². The van der Waals surface area contributed by atoms with Crippen molar-refractivity contribution < 1.29 is 14.3 Å². The van der Waals surface area contributed by atoms with Crippen LogP contribution in [-0.2, 0) is 4.74 Å². The van der Waals surface area contributed by atoms with E-state index in [1.165, 1.54) is 0 Å². The van der Waals surface area contributed by atoms with Gasteiger partial charge in [0, 0.05) is 36.1 Å². The number of pyridine rings is 1.